The van der Waals surface area contributed by atoms with Crippen molar-refractivity contribution in [3.8, 4) is 0 Å². The van der Waals surface area contributed by atoms with Gasteiger partial charge in [0.1, 0.15) is 5.82 Å². The smallest absolute Gasteiger partial charge is 0.251 e. The first-order chi connectivity index (χ1) is 14.3. The number of anilines is 1. The first-order valence-electron chi connectivity index (χ1n) is 9.32. The van der Waals surface area contributed by atoms with Gasteiger partial charge in [-0.1, -0.05) is 42.5 Å². The van der Waals surface area contributed by atoms with Crippen LogP contribution in [0.4, 0.5) is 5.69 Å². The lowest BCUT2D eigenvalue weighted by Crippen LogP contribution is -2.35. The number of rotatable bonds is 6. The largest absolute Gasteiger partial charge is 0.346 e. The summed E-state index contributed by atoms with van der Waals surface area (Å²) < 4.78 is 0. The zero-order valence-corrected chi connectivity index (χ0v) is 15.7. The Kier molecular flexibility index (Phi) is 5.53. The highest BCUT2D eigenvalue weighted by Gasteiger charge is 2.09. The van der Waals surface area contributed by atoms with Crippen LogP contribution in [-0.4, -0.2) is 10.9 Å². The van der Waals surface area contributed by atoms with Gasteiger partial charge in [0.2, 0.25) is 0 Å². The van der Waals surface area contributed by atoms with Gasteiger partial charge in [-0.05, 0) is 48.0 Å². The van der Waals surface area contributed by atoms with Crippen LogP contribution < -0.4 is 21.5 Å². The summed E-state index contributed by atoms with van der Waals surface area (Å²) in [6.45, 7) is 0.390. The topological polar surface area (TPSA) is 78.1 Å². The molecule has 0 atom stereocenters. The number of hydrogen-bond donors (Lipinski definition) is 4. The van der Waals surface area contributed by atoms with Crippen molar-refractivity contribution in [1.29, 1.82) is 0 Å². The molecule has 0 saturated carbocycles. The van der Waals surface area contributed by atoms with Crippen LogP contribution in [-0.2, 0) is 6.54 Å². The average molecular weight is 383 g/mol. The van der Waals surface area contributed by atoms with E-state index in [1.165, 1.54) is 0 Å². The molecule has 1 aliphatic rings. The molecule has 4 N–H and O–H groups in total. The van der Waals surface area contributed by atoms with Crippen LogP contribution in [0.5, 0.6) is 0 Å². The summed E-state index contributed by atoms with van der Waals surface area (Å²) >= 11 is 0. The van der Waals surface area contributed by atoms with Crippen LogP contribution >= 0.6 is 0 Å². The minimum Gasteiger partial charge on any atom is -0.346 e. The number of hydrazine groups is 1. The van der Waals surface area contributed by atoms with Crippen molar-refractivity contribution in [2.24, 2.45) is 0 Å². The van der Waals surface area contributed by atoms with Gasteiger partial charge in [-0.3, -0.25) is 20.6 Å². The lowest BCUT2D eigenvalue weighted by atomic mass is 10.1. The van der Waals surface area contributed by atoms with E-state index in [1.807, 2.05) is 78.9 Å². The minimum absolute atomic E-state index is 0.144. The Bertz CT molecular complexity index is 1050. The predicted molar refractivity (Wildman–Crippen MR) is 114 cm³/mol. The first-order valence-corrected chi connectivity index (χ1v) is 9.32. The van der Waals surface area contributed by atoms with E-state index in [-0.39, 0.29) is 5.91 Å². The van der Waals surface area contributed by atoms with Gasteiger partial charge in [0, 0.05) is 17.4 Å². The Labute approximate surface area is 169 Å². The number of pyridine rings is 1. The monoisotopic (exact) mass is 383 g/mol. The van der Waals surface area contributed by atoms with Gasteiger partial charge in [-0.25, -0.2) is 0 Å². The molecule has 1 amide bonds. The maximum atomic E-state index is 12.4. The molecule has 1 aliphatic heterocycles. The second-order valence-electron chi connectivity index (χ2n) is 6.49. The van der Waals surface area contributed by atoms with Crippen molar-refractivity contribution in [2.75, 3.05) is 5.32 Å². The predicted octanol–water partition coefficient (Wildman–Crippen LogP) is 3.41. The third kappa shape index (κ3) is 4.81. The molecular weight excluding hydrogens is 362 g/mol. The molecule has 6 nitrogen and oxygen atoms in total. The number of benzene rings is 2. The summed E-state index contributed by atoms with van der Waals surface area (Å²) in [6, 6.07) is 23.1. The Hall–Kier alpha value is -4.06. The summed E-state index contributed by atoms with van der Waals surface area (Å²) in [7, 11) is 0. The number of nitrogens with one attached hydrogen (secondary N) is 4. The van der Waals surface area contributed by atoms with E-state index in [1.54, 1.807) is 12.3 Å². The van der Waals surface area contributed by atoms with Crippen LogP contribution in [0, 0.1) is 0 Å². The molecule has 0 unspecified atom stereocenters. The molecule has 0 bridgehead atoms. The maximum Gasteiger partial charge on any atom is 0.251 e. The Morgan fingerprint density at radius 2 is 1.76 bits per heavy atom. The van der Waals surface area contributed by atoms with Crippen LogP contribution in [0.15, 0.2) is 97.0 Å². The molecular formula is C23H21N5O. The zero-order valence-electron chi connectivity index (χ0n) is 15.7. The molecule has 29 heavy (non-hydrogen) atoms. The Morgan fingerprint density at radius 3 is 2.52 bits per heavy atom. The number of carbonyl (C=O) groups is 1. The molecule has 6 heteroatoms. The summed E-state index contributed by atoms with van der Waals surface area (Å²) in [5, 5.41) is 6.16. The normalized spacial score (nSPS) is 12.7. The van der Waals surface area contributed by atoms with Crippen molar-refractivity contribution >= 4 is 17.3 Å². The average Bonchev–Trinajstić information content (AvgIpc) is 2.79. The summed E-state index contributed by atoms with van der Waals surface area (Å²) in [5.41, 5.74) is 10.6. The number of hydrogen-bond acceptors (Lipinski definition) is 5. The highest BCUT2D eigenvalue weighted by atomic mass is 16.1. The van der Waals surface area contributed by atoms with Gasteiger partial charge in [0.05, 0.1) is 17.9 Å². The van der Waals surface area contributed by atoms with Crippen molar-refractivity contribution in [2.45, 2.75) is 6.54 Å². The fourth-order valence-corrected chi connectivity index (χ4v) is 2.91. The standard InChI is InChI=1S/C23H21N5O/c29-23(25-16-20-10-4-5-14-24-20)18-9-6-11-19(15-18)26-22-13-12-21(27-28-22)17-7-2-1-3-8-17/h1-15,26-28H,16H2,(H,25,29). The van der Waals surface area contributed by atoms with Crippen molar-refractivity contribution < 1.29 is 4.79 Å². The molecule has 2 heterocycles. The van der Waals surface area contributed by atoms with Gasteiger partial charge in [0.15, 0.2) is 0 Å². The van der Waals surface area contributed by atoms with Crippen LogP contribution in [0.2, 0.25) is 0 Å². The molecule has 144 valence electrons. The SMILES string of the molecule is O=C(NCc1ccccn1)c1cccc(NC2=CC=C(c3ccccc3)NN2)c1. The van der Waals surface area contributed by atoms with Crippen LogP contribution in [0.3, 0.4) is 0 Å². The van der Waals surface area contributed by atoms with Gasteiger partial charge in [0.25, 0.3) is 5.91 Å². The number of carbonyl (C=O) groups excluding carboxylic acids is 1. The van der Waals surface area contributed by atoms with Gasteiger partial charge >= 0.3 is 0 Å². The van der Waals surface area contributed by atoms with Gasteiger partial charge in [-0.2, -0.15) is 0 Å². The van der Waals surface area contributed by atoms with Crippen molar-refractivity contribution in [3.05, 3.63) is 114 Å². The second-order valence-corrected chi connectivity index (χ2v) is 6.49. The van der Waals surface area contributed by atoms with E-state index in [0.29, 0.717) is 12.1 Å². The zero-order chi connectivity index (χ0) is 19.9. The number of allylic oxidation sites excluding steroid dienone is 2. The lowest BCUT2D eigenvalue weighted by molar-refractivity contribution is 0.0950. The number of aromatic nitrogens is 1. The van der Waals surface area contributed by atoms with Crippen molar-refractivity contribution in [3.63, 3.8) is 0 Å². The maximum absolute atomic E-state index is 12.4. The second kappa shape index (κ2) is 8.75. The summed E-state index contributed by atoms with van der Waals surface area (Å²) in [4.78, 5) is 16.7. The van der Waals surface area contributed by atoms with Crippen LogP contribution in [0.1, 0.15) is 21.6 Å². The molecule has 1 aromatic heterocycles. The minimum atomic E-state index is -0.144. The molecule has 0 spiro atoms. The fraction of sp³-hybridized carbons (Fsp3) is 0.0435. The highest BCUT2D eigenvalue weighted by Crippen LogP contribution is 2.16. The van der Waals surface area contributed by atoms with E-state index in [0.717, 1.165) is 28.5 Å². The third-order valence-corrected chi connectivity index (χ3v) is 4.39. The first kappa shape index (κ1) is 18.3. The molecule has 0 saturated heterocycles. The third-order valence-electron chi connectivity index (χ3n) is 4.39. The van der Waals surface area contributed by atoms with Crippen LogP contribution in [0.25, 0.3) is 5.70 Å². The van der Waals surface area contributed by atoms with E-state index in [4.69, 9.17) is 0 Å². The van der Waals surface area contributed by atoms with Crippen molar-refractivity contribution in [1.82, 2.24) is 21.2 Å². The van der Waals surface area contributed by atoms with Gasteiger partial charge < -0.3 is 10.6 Å². The summed E-state index contributed by atoms with van der Waals surface area (Å²) in [6.07, 6.45) is 5.66. The molecule has 0 radical (unpaired) electrons. The molecule has 0 fully saturated rings. The molecule has 0 aliphatic carbocycles. The van der Waals surface area contributed by atoms with E-state index >= 15 is 0 Å². The quantitative estimate of drug-likeness (QED) is 0.525. The Morgan fingerprint density at radius 1 is 0.897 bits per heavy atom. The molecule has 2 aromatic carbocycles. The number of amides is 1. The summed E-state index contributed by atoms with van der Waals surface area (Å²) in [5.74, 6) is 0.644. The fourth-order valence-electron chi connectivity index (χ4n) is 2.91. The number of nitrogens with zero attached hydrogens (tertiary/aromatic N) is 1. The van der Waals surface area contributed by atoms with Gasteiger partial charge in [-0.15, -0.1) is 0 Å². The molecule has 4 rings (SSSR count). The lowest BCUT2D eigenvalue weighted by Gasteiger charge is -2.21. The van der Waals surface area contributed by atoms with E-state index in [9.17, 15) is 4.79 Å². The highest BCUT2D eigenvalue weighted by molar-refractivity contribution is 5.95. The Balaban J connectivity index is 1.39. The molecule has 3 aromatic rings. The van der Waals surface area contributed by atoms with E-state index < -0.39 is 0 Å². The van der Waals surface area contributed by atoms with E-state index in [2.05, 4.69) is 26.5 Å².